The highest BCUT2D eigenvalue weighted by molar-refractivity contribution is 5.88. The first-order chi connectivity index (χ1) is 8.61. The summed E-state index contributed by atoms with van der Waals surface area (Å²) in [6.45, 7) is 0. The second-order valence-corrected chi connectivity index (χ2v) is 3.54. The van der Waals surface area contributed by atoms with E-state index in [9.17, 15) is 9.18 Å². The molecule has 2 rings (SSSR count). The van der Waals surface area contributed by atoms with Crippen molar-refractivity contribution in [3.8, 4) is 17.3 Å². The lowest BCUT2D eigenvalue weighted by Crippen LogP contribution is -1.98. The van der Waals surface area contributed by atoms with Gasteiger partial charge in [-0.15, -0.1) is 0 Å². The number of hydrogen-bond donors (Lipinski definition) is 1. The number of hydrogen-bond acceptors (Lipinski definition) is 3. The Morgan fingerprint density at radius 3 is 2.78 bits per heavy atom. The van der Waals surface area contributed by atoms with Gasteiger partial charge in [0.25, 0.3) is 0 Å². The van der Waals surface area contributed by atoms with E-state index in [1.807, 2.05) is 6.07 Å². The molecule has 4 nitrogen and oxygen atoms in total. The molecule has 1 aromatic carbocycles. The van der Waals surface area contributed by atoms with Crippen molar-refractivity contribution in [2.24, 2.45) is 0 Å². The van der Waals surface area contributed by atoms with Crippen molar-refractivity contribution in [2.45, 2.75) is 0 Å². The Labute approximate surface area is 102 Å². The molecular formula is C13H7FN2O2. The summed E-state index contributed by atoms with van der Waals surface area (Å²) in [6, 6.07) is 8.31. The summed E-state index contributed by atoms with van der Waals surface area (Å²) in [7, 11) is 0. The number of carboxylic acids is 1. The highest BCUT2D eigenvalue weighted by Gasteiger charge is 2.10. The predicted octanol–water partition coefficient (Wildman–Crippen LogP) is 2.46. The lowest BCUT2D eigenvalue weighted by atomic mass is 10.1. The minimum absolute atomic E-state index is 0.0155. The lowest BCUT2D eigenvalue weighted by molar-refractivity contribution is 0.0697. The van der Waals surface area contributed by atoms with Crippen LogP contribution >= 0.6 is 0 Å². The minimum atomic E-state index is -1.12. The Kier molecular flexibility index (Phi) is 3.02. The van der Waals surface area contributed by atoms with Crippen LogP contribution < -0.4 is 0 Å². The molecule has 2 aromatic rings. The molecule has 0 aliphatic carbocycles. The number of benzene rings is 1. The van der Waals surface area contributed by atoms with Crippen LogP contribution in [0.3, 0.4) is 0 Å². The van der Waals surface area contributed by atoms with Crippen LogP contribution in [0.15, 0.2) is 36.5 Å². The van der Waals surface area contributed by atoms with Crippen molar-refractivity contribution in [1.82, 2.24) is 4.98 Å². The van der Waals surface area contributed by atoms with Crippen LogP contribution in [-0.2, 0) is 0 Å². The number of aromatic carboxylic acids is 1. The van der Waals surface area contributed by atoms with Crippen LogP contribution in [0.5, 0.6) is 0 Å². The second-order valence-electron chi connectivity index (χ2n) is 3.54. The summed E-state index contributed by atoms with van der Waals surface area (Å²) < 4.78 is 13.6. The van der Waals surface area contributed by atoms with Gasteiger partial charge in [0.05, 0.1) is 22.9 Å². The number of carboxylic acid groups (broad SMARTS) is 1. The van der Waals surface area contributed by atoms with Crippen molar-refractivity contribution in [2.75, 3.05) is 0 Å². The number of aromatic nitrogens is 1. The van der Waals surface area contributed by atoms with E-state index >= 15 is 0 Å². The molecule has 0 amide bonds. The molecular weight excluding hydrogens is 235 g/mol. The summed E-state index contributed by atoms with van der Waals surface area (Å²) in [5.41, 5.74) is 0.595. The molecule has 0 aliphatic rings. The van der Waals surface area contributed by atoms with E-state index in [0.29, 0.717) is 0 Å². The van der Waals surface area contributed by atoms with Gasteiger partial charge in [0, 0.05) is 11.8 Å². The average molecular weight is 242 g/mol. The van der Waals surface area contributed by atoms with E-state index < -0.39 is 11.8 Å². The Bertz CT molecular complexity index is 662. The van der Waals surface area contributed by atoms with Crippen LogP contribution in [0.1, 0.15) is 15.9 Å². The highest BCUT2D eigenvalue weighted by atomic mass is 19.1. The van der Waals surface area contributed by atoms with Gasteiger partial charge in [0.1, 0.15) is 5.82 Å². The standard InChI is InChI=1S/C13H7FN2O2/c14-11-2-1-8(7-15)5-10(11)12-6-9(13(17)18)3-4-16-12/h1-6H,(H,17,18). The van der Waals surface area contributed by atoms with Crippen LogP contribution in [0, 0.1) is 17.1 Å². The molecule has 5 heteroatoms. The van der Waals surface area contributed by atoms with Crippen LogP contribution in [0.25, 0.3) is 11.3 Å². The van der Waals surface area contributed by atoms with Crippen molar-refractivity contribution in [3.63, 3.8) is 0 Å². The summed E-state index contributed by atoms with van der Waals surface area (Å²) in [5.74, 6) is -1.67. The van der Waals surface area contributed by atoms with Crippen LogP contribution in [0.2, 0.25) is 0 Å². The molecule has 0 radical (unpaired) electrons. The van der Waals surface area contributed by atoms with E-state index in [2.05, 4.69) is 4.98 Å². The van der Waals surface area contributed by atoms with Crippen molar-refractivity contribution < 1.29 is 14.3 Å². The third-order valence-corrected chi connectivity index (χ3v) is 2.38. The van der Waals surface area contributed by atoms with Gasteiger partial charge in [-0.25, -0.2) is 9.18 Å². The Morgan fingerprint density at radius 1 is 1.33 bits per heavy atom. The van der Waals surface area contributed by atoms with E-state index in [4.69, 9.17) is 10.4 Å². The van der Waals surface area contributed by atoms with Crippen molar-refractivity contribution >= 4 is 5.97 Å². The molecule has 1 aromatic heterocycles. The van der Waals surface area contributed by atoms with Gasteiger partial charge in [0.2, 0.25) is 0 Å². The average Bonchev–Trinajstić information content (AvgIpc) is 2.39. The van der Waals surface area contributed by atoms with Gasteiger partial charge >= 0.3 is 5.97 Å². The molecule has 0 aliphatic heterocycles. The number of halogens is 1. The fourth-order valence-electron chi connectivity index (χ4n) is 1.50. The summed E-state index contributed by atoms with van der Waals surface area (Å²) in [5, 5.41) is 17.6. The van der Waals surface area contributed by atoms with Crippen molar-refractivity contribution in [1.29, 1.82) is 5.26 Å². The SMILES string of the molecule is N#Cc1ccc(F)c(-c2cc(C(=O)O)ccn2)c1. The Hall–Kier alpha value is -2.74. The van der Waals surface area contributed by atoms with E-state index in [1.165, 1.54) is 30.5 Å². The molecule has 0 atom stereocenters. The largest absolute Gasteiger partial charge is 0.478 e. The third-order valence-electron chi connectivity index (χ3n) is 2.38. The van der Waals surface area contributed by atoms with Gasteiger partial charge in [-0.3, -0.25) is 4.98 Å². The summed E-state index contributed by atoms with van der Waals surface area (Å²) in [6.07, 6.45) is 1.29. The molecule has 0 fully saturated rings. The molecule has 0 saturated carbocycles. The topological polar surface area (TPSA) is 74.0 Å². The normalized spacial score (nSPS) is 9.78. The van der Waals surface area contributed by atoms with Gasteiger partial charge in [-0.2, -0.15) is 5.26 Å². The van der Waals surface area contributed by atoms with Gasteiger partial charge in [-0.05, 0) is 30.3 Å². The van der Waals surface area contributed by atoms with E-state index in [0.717, 1.165) is 6.07 Å². The zero-order chi connectivity index (χ0) is 13.1. The fourth-order valence-corrected chi connectivity index (χ4v) is 1.50. The molecule has 0 spiro atoms. The smallest absolute Gasteiger partial charge is 0.335 e. The number of nitrogens with zero attached hydrogens (tertiary/aromatic N) is 2. The maximum atomic E-state index is 13.6. The zero-order valence-electron chi connectivity index (χ0n) is 9.09. The third kappa shape index (κ3) is 2.18. The molecule has 18 heavy (non-hydrogen) atoms. The number of carbonyl (C=O) groups is 1. The number of rotatable bonds is 2. The first-order valence-corrected chi connectivity index (χ1v) is 5.01. The van der Waals surface area contributed by atoms with Gasteiger partial charge in [0.15, 0.2) is 0 Å². The fraction of sp³-hybridized carbons (Fsp3) is 0. The monoisotopic (exact) mass is 242 g/mol. The Morgan fingerprint density at radius 2 is 2.11 bits per heavy atom. The summed E-state index contributed by atoms with van der Waals surface area (Å²) >= 11 is 0. The second kappa shape index (κ2) is 4.63. The predicted molar refractivity (Wildman–Crippen MR) is 61.3 cm³/mol. The molecule has 88 valence electrons. The highest BCUT2D eigenvalue weighted by Crippen LogP contribution is 2.22. The van der Waals surface area contributed by atoms with Gasteiger partial charge in [-0.1, -0.05) is 0 Å². The van der Waals surface area contributed by atoms with Gasteiger partial charge < -0.3 is 5.11 Å². The molecule has 0 bridgehead atoms. The first-order valence-electron chi connectivity index (χ1n) is 5.01. The van der Waals surface area contributed by atoms with E-state index in [-0.39, 0.29) is 22.4 Å². The van der Waals surface area contributed by atoms with Crippen molar-refractivity contribution in [3.05, 3.63) is 53.5 Å². The zero-order valence-corrected chi connectivity index (χ0v) is 9.09. The Balaban J connectivity index is 2.58. The van der Waals surface area contributed by atoms with Crippen LogP contribution in [0.4, 0.5) is 4.39 Å². The molecule has 1 N–H and O–H groups in total. The quantitative estimate of drug-likeness (QED) is 0.877. The minimum Gasteiger partial charge on any atom is -0.478 e. The number of nitriles is 1. The number of pyridine rings is 1. The summed E-state index contributed by atoms with van der Waals surface area (Å²) in [4.78, 5) is 14.7. The first kappa shape index (κ1) is 11.7. The maximum Gasteiger partial charge on any atom is 0.335 e. The molecule has 0 unspecified atom stereocenters. The molecule has 0 saturated heterocycles. The van der Waals surface area contributed by atoms with E-state index in [1.54, 1.807) is 0 Å². The lowest BCUT2D eigenvalue weighted by Gasteiger charge is -2.04. The maximum absolute atomic E-state index is 13.6. The molecule has 1 heterocycles. The van der Waals surface area contributed by atoms with Crippen LogP contribution in [-0.4, -0.2) is 16.1 Å².